The first-order valence-corrected chi connectivity index (χ1v) is 7.24. The molecule has 2 aromatic carbocycles. The van der Waals surface area contributed by atoms with Gasteiger partial charge in [0.1, 0.15) is 4.60 Å². The van der Waals surface area contributed by atoms with Crippen molar-refractivity contribution in [3.63, 3.8) is 0 Å². The van der Waals surface area contributed by atoms with Crippen LogP contribution in [0.5, 0.6) is 0 Å². The van der Waals surface area contributed by atoms with Crippen LogP contribution in [0.2, 0.25) is 0 Å². The second-order valence-corrected chi connectivity index (χ2v) is 5.52. The molecule has 0 amide bonds. The molecule has 2 heterocycles. The molecule has 0 fully saturated rings. The van der Waals surface area contributed by atoms with Crippen LogP contribution >= 0.6 is 15.9 Å². The molecule has 0 radical (unpaired) electrons. The van der Waals surface area contributed by atoms with Crippen LogP contribution in [0, 0.1) is 0 Å². The monoisotopic (exact) mass is 322 g/mol. The smallest absolute Gasteiger partial charge is 0.108 e. The van der Waals surface area contributed by atoms with Gasteiger partial charge in [-0.1, -0.05) is 36.4 Å². The molecule has 0 atom stereocenters. The van der Waals surface area contributed by atoms with Gasteiger partial charge in [0.2, 0.25) is 0 Å². The molecule has 0 bridgehead atoms. The molecule has 0 aliphatic heterocycles. The van der Waals surface area contributed by atoms with Gasteiger partial charge in [0.25, 0.3) is 0 Å². The Morgan fingerprint density at radius 1 is 0.800 bits per heavy atom. The number of hydrogen-bond acceptors (Lipinski definition) is 1. The summed E-state index contributed by atoms with van der Waals surface area (Å²) in [5.74, 6) is 0. The van der Waals surface area contributed by atoms with Crippen LogP contribution in [0.4, 0.5) is 0 Å². The van der Waals surface area contributed by atoms with Crippen molar-refractivity contribution in [1.29, 1.82) is 0 Å². The molecular weight excluding hydrogens is 312 g/mol. The van der Waals surface area contributed by atoms with Gasteiger partial charge in [-0.15, -0.1) is 0 Å². The van der Waals surface area contributed by atoms with E-state index >= 15 is 0 Å². The largest absolute Gasteiger partial charge is 0.309 e. The predicted octanol–water partition coefficient (Wildman–Crippen LogP) is 4.94. The Morgan fingerprint density at radius 2 is 1.55 bits per heavy atom. The Kier molecular flexibility index (Phi) is 2.60. The molecule has 2 aromatic heterocycles. The van der Waals surface area contributed by atoms with Gasteiger partial charge < -0.3 is 4.57 Å². The van der Waals surface area contributed by atoms with Crippen LogP contribution in [0.1, 0.15) is 0 Å². The predicted molar refractivity (Wildman–Crippen MR) is 86.3 cm³/mol. The summed E-state index contributed by atoms with van der Waals surface area (Å²) in [4.78, 5) is 4.37. The Bertz CT molecular complexity index is 910. The maximum atomic E-state index is 4.37. The van der Waals surface area contributed by atoms with E-state index in [0.29, 0.717) is 0 Å². The summed E-state index contributed by atoms with van der Waals surface area (Å²) in [6, 6.07) is 20.9. The van der Waals surface area contributed by atoms with Crippen molar-refractivity contribution >= 4 is 37.7 Å². The van der Waals surface area contributed by atoms with Crippen LogP contribution in [-0.2, 0) is 0 Å². The zero-order valence-electron chi connectivity index (χ0n) is 10.6. The summed E-state index contributed by atoms with van der Waals surface area (Å²) < 4.78 is 3.13. The summed E-state index contributed by atoms with van der Waals surface area (Å²) in [6.45, 7) is 0. The molecule has 20 heavy (non-hydrogen) atoms. The van der Waals surface area contributed by atoms with E-state index in [2.05, 4.69) is 80.1 Å². The van der Waals surface area contributed by atoms with Crippen molar-refractivity contribution in [3.05, 3.63) is 71.5 Å². The van der Waals surface area contributed by atoms with Crippen LogP contribution < -0.4 is 0 Å². The molecule has 4 rings (SSSR count). The molecule has 0 aliphatic rings. The van der Waals surface area contributed by atoms with E-state index in [1.54, 1.807) is 0 Å². The van der Waals surface area contributed by atoms with Crippen molar-refractivity contribution in [3.8, 4) is 5.69 Å². The number of rotatable bonds is 1. The van der Waals surface area contributed by atoms with Gasteiger partial charge in [-0.05, 0) is 40.2 Å². The van der Waals surface area contributed by atoms with E-state index in [0.717, 1.165) is 10.3 Å². The molecule has 2 nitrogen and oxygen atoms in total. The molecule has 0 N–H and O–H groups in total. The van der Waals surface area contributed by atoms with Crippen molar-refractivity contribution in [2.45, 2.75) is 0 Å². The average Bonchev–Trinajstić information content (AvgIpc) is 2.81. The summed E-state index contributed by atoms with van der Waals surface area (Å²) in [5.41, 5.74) is 3.53. The molecule has 96 valence electrons. The molecular formula is C17H11BrN2. The minimum Gasteiger partial charge on any atom is -0.309 e. The number of nitrogens with zero attached hydrogens (tertiary/aromatic N) is 2. The lowest BCUT2D eigenvalue weighted by atomic mass is 10.2. The number of halogens is 1. The van der Waals surface area contributed by atoms with E-state index in [1.807, 2.05) is 12.3 Å². The zero-order valence-corrected chi connectivity index (χ0v) is 12.2. The lowest BCUT2D eigenvalue weighted by molar-refractivity contribution is 1.17. The molecule has 3 heteroatoms. The zero-order chi connectivity index (χ0) is 13.5. The van der Waals surface area contributed by atoms with Gasteiger partial charge in [0.15, 0.2) is 0 Å². The first kappa shape index (κ1) is 11.7. The van der Waals surface area contributed by atoms with Gasteiger partial charge in [-0.3, -0.25) is 0 Å². The van der Waals surface area contributed by atoms with Crippen LogP contribution in [0.25, 0.3) is 27.5 Å². The highest BCUT2D eigenvalue weighted by Crippen LogP contribution is 2.32. The van der Waals surface area contributed by atoms with Crippen LogP contribution in [-0.4, -0.2) is 9.55 Å². The molecule has 0 saturated heterocycles. The fourth-order valence-electron chi connectivity index (χ4n) is 2.69. The maximum absolute atomic E-state index is 4.37. The topological polar surface area (TPSA) is 17.8 Å². The van der Waals surface area contributed by atoms with Crippen molar-refractivity contribution in [2.24, 2.45) is 0 Å². The van der Waals surface area contributed by atoms with E-state index in [-0.39, 0.29) is 0 Å². The fourth-order valence-corrected chi connectivity index (χ4v) is 3.01. The SMILES string of the molecule is Brc1cc2c(cn1)c1ccccc1n2-c1ccccc1. The second kappa shape index (κ2) is 4.46. The third kappa shape index (κ3) is 1.67. The molecule has 0 aliphatic carbocycles. The summed E-state index contributed by atoms with van der Waals surface area (Å²) in [6.07, 6.45) is 1.93. The average molecular weight is 323 g/mol. The number of aromatic nitrogens is 2. The Balaban J connectivity index is 2.23. The number of para-hydroxylation sites is 2. The Hall–Kier alpha value is -2.13. The van der Waals surface area contributed by atoms with E-state index in [4.69, 9.17) is 0 Å². The van der Waals surface area contributed by atoms with Gasteiger partial charge in [-0.25, -0.2) is 4.98 Å². The van der Waals surface area contributed by atoms with E-state index < -0.39 is 0 Å². The second-order valence-electron chi connectivity index (χ2n) is 4.71. The first-order chi connectivity index (χ1) is 9.84. The number of fused-ring (bicyclic) bond motifs is 3. The number of hydrogen-bond donors (Lipinski definition) is 0. The van der Waals surface area contributed by atoms with Crippen LogP contribution in [0.3, 0.4) is 0 Å². The van der Waals surface area contributed by atoms with Crippen LogP contribution in [0.15, 0.2) is 71.5 Å². The highest BCUT2D eigenvalue weighted by atomic mass is 79.9. The molecule has 4 aromatic rings. The summed E-state index contributed by atoms with van der Waals surface area (Å²) in [7, 11) is 0. The summed E-state index contributed by atoms with van der Waals surface area (Å²) in [5, 5.41) is 2.40. The lowest BCUT2D eigenvalue weighted by Crippen LogP contribution is -1.93. The fraction of sp³-hybridized carbons (Fsp3) is 0. The van der Waals surface area contributed by atoms with Gasteiger partial charge >= 0.3 is 0 Å². The van der Waals surface area contributed by atoms with Crippen molar-refractivity contribution in [1.82, 2.24) is 9.55 Å². The highest BCUT2D eigenvalue weighted by molar-refractivity contribution is 9.10. The standard InChI is InChI=1S/C17H11BrN2/c18-17-10-16-14(11-19-17)13-8-4-5-9-15(13)20(16)12-6-2-1-3-7-12/h1-11H. The van der Waals surface area contributed by atoms with E-state index in [9.17, 15) is 0 Å². The normalized spacial score (nSPS) is 11.2. The van der Waals surface area contributed by atoms with Gasteiger partial charge in [0, 0.05) is 22.7 Å². The Labute approximate surface area is 124 Å². The van der Waals surface area contributed by atoms with Gasteiger partial charge in [0.05, 0.1) is 11.0 Å². The quantitative estimate of drug-likeness (QED) is 0.454. The maximum Gasteiger partial charge on any atom is 0.108 e. The van der Waals surface area contributed by atoms with Crippen molar-refractivity contribution < 1.29 is 0 Å². The third-order valence-corrected chi connectivity index (χ3v) is 3.97. The lowest BCUT2D eigenvalue weighted by Gasteiger charge is -2.07. The molecule has 0 saturated carbocycles. The molecule has 0 spiro atoms. The third-order valence-electron chi connectivity index (χ3n) is 3.54. The van der Waals surface area contributed by atoms with Gasteiger partial charge in [-0.2, -0.15) is 0 Å². The first-order valence-electron chi connectivity index (χ1n) is 6.45. The molecule has 0 unspecified atom stereocenters. The number of benzene rings is 2. The highest BCUT2D eigenvalue weighted by Gasteiger charge is 2.12. The Morgan fingerprint density at radius 3 is 2.40 bits per heavy atom. The van der Waals surface area contributed by atoms with Crippen molar-refractivity contribution in [2.75, 3.05) is 0 Å². The number of pyridine rings is 1. The summed E-state index contributed by atoms with van der Waals surface area (Å²) >= 11 is 3.47. The minimum atomic E-state index is 0.852. The van der Waals surface area contributed by atoms with E-state index in [1.165, 1.54) is 21.8 Å². The minimum absolute atomic E-state index is 0.852.